The SMILES string of the molecule is O=C1C=C(CNC(=O)c2cnn(Cc3cn4cc(C5CC5)ccc4n3)c2)c2ccccc2C1. The standard InChI is InChI=1S/C26H23N5O2/c32-23-9-18-3-1-2-4-24(18)20(10-23)11-27-26(33)21-12-28-31(14-21)16-22-15-30-13-19(17-5-6-17)7-8-25(30)29-22/h1-4,7-8,10,12-15,17H,5-6,9,11,16H2,(H,27,33). The van der Waals surface area contributed by atoms with Gasteiger partial charge in [-0.1, -0.05) is 30.3 Å². The molecule has 3 heterocycles. The van der Waals surface area contributed by atoms with Crippen LogP contribution < -0.4 is 5.32 Å². The molecule has 6 rings (SSSR count). The molecule has 1 amide bonds. The zero-order valence-electron chi connectivity index (χ0n) is 18.1. The van der Waals surface area contributed by atoms with Gasteiger partial charge in [0, 0.05) is 31.6 Å². The Morgan fingerprint density at radius 3 is 2.85 bits per heavy atom. The number of nitrogens with zero attached hydrogens (tertiary/aromatic N) is 4. The molecule has 1 N–H and O–H groups in total. The highest BCUT2D eigenvalue weighted by atomic mass is 16.1. The maximum atomic E-state index is 12.7. The first-order valence-corrected chi connectivity index (χ1v) is 11.2. The van der Waals surface area contributed by atoms with Crippen LogP contribution >= 0.6 is 0 Å². The predicted molar refractivity (Wildman–Crippen MR) is 124 cm³/mol. The first-order chi connectivity index (χ1) is 16.1. The molecule has 164 valence electrons. The van der Waals surface area contributed by atoms with E-state index in [0.717, 1.165) is 28.0 Å². The molecule has 0 bridgehead atoms. The van der Waals surface area contributed by atoms with E-state index in [4.69, 9.17) is 0 Å². The molecule has 1 saturated carbocycles. The molecule has 4 aromatic rings. The van der Waals surface area contributed by atoms with Crippen LogP contribution in [0.1, 0.15) is 51.5 Å². The van der Waals surface area contributed by atoms with Crippen LogP contribution in [0.15, 0.2) is 67.3 Å². The third-order valence-corrected chi connectivity index (χ3v) is 6.29. The molecule has 2 aliphatic carbocycles. The van der Waals surface area contributed by atoms with Crippen molar-refractivity contribution in [2.24, 2.45) is 0 Å². The first-order valence-electron chi connectivity index (χ1n) is 11.2. The van der Waals surface area contributed by atoms with E-state index < -0.39 is 0 Å². The van der Waals surface area contributed by atoms with Crippen molar-refractivity contribution in [3.8, 4) is 0 Å². The van der Waals surface area contributed by atoms with E-state index in [1.807, 2.05) is 30.5 Å². The second-order valence-electron chi connectivity index (χ2n) is 8.81. The Labute approximate surface area is 190 Å². The average Bonchev–Trinajstić information content (AvgIpc) is 3.43. The highest BCUT2D eigenvalue weighted by Crippen LogP contribution is 2.39. The predicted octanol–water partition coefficient (Wildman–Crippen LogP) is 3.40. The number of carbonyl (C=O) groups excluding carboxylic acids is 2. The van der Waals surface area contributed by atoms with Crippen LogP contribution in [-0.2, 0) is 17.8 Å². The highest BCUT2D eigenvalue weighted by molar-refractivity contribution is 6.03. The molecule has 7 heteroatoms. The molecule has 2 aliphatic rings. The summed E-state index contributed by atoms with van der Waals surface area (Å²) < 4.78 is 3.79. The summed E-state index contributed by atoms with van der Waals surface area (Å²) in [6.07, 6.45) is 12.0. The minimum atomic E-state index is -0.221. The summed E-state index contributed by atoms with van der Waals surface area (Å²) in [6, 6.07) is 12.0. The second kappa shape index (κ2) is 7.85. The van der Waals surface area contributed by atoms with Gasteiger partial charge in [0.1, 0.15) is 5.65 Å². The number of imidazole rings is 1. The van der Waals surface area contributed by atoms with Gasteiger partial charge in [-0.2, -0.15) is 5.10 Å². The van der Waals surface area contributed by atoms with Crippen LogP contribution in [-0.4, -0.2) is 37.4 Å². The van der Waals surface area contributed by atoms with Gasteiger partial charge in [0.05, 0.1) is 24.0 Å². The van der Waals surface area contributed by atoms with E-state index in [1.54, 1.807) is 23.2 Å². The number of aromatic nitrogens is 4. The Morgan fingerprint density at radius 2 is 1.97 bits per heavy atom. The number of allylic oxidation sites excluding steroid dienone is 1. The number of fused-ring (bicyclic) bond motifs is 2. The van der Waals surface area contributed by atoms with E-state index in [9.17, 15) is 9.59 Å². The quantitative estimate of drug-likeness (QED) is 0.501. The number of amides is 1. The van der Waals surface area contributed by atoms with E-state index in [2.05, 4.69) is 38.1 Å². The van der Waals surface area contributed by atoms with Crippen molar-refractivity contribution in [3.63, 3.8) is 0 Å². The molecular weight excluding hydrogens is 414 g/mol. The Morgan fingerprint density at radius 1 is 1.09 bits per heavy atom. The maximum Gasteiger partial charge on any atom is 0.254 e. The Hall–Kier alpha value is -4.00. The van der Waals surface area contributed by atoms with Crippen LogP contribution in [0.5, 0.6) is 0 Å². The number of nitrogens with one attached hydrogen (secondary N) is 1. The van der Waals surface area contributed by atoms with Gasteiger partial charge in [-0.25, -0.2) is 4.98 Å². The fourth-order valence-electron chi connectivity index (χ4n) is 4.45. The molecule has 0 unspecified atom stereocenters. The number of benzene rings is 1. The molecule has 3 aromatic heterocycles. The topological polar surface area (TPSA) is 81.3 Å². The van der Waals surface area contributed by atoms with Gasteiger partial charge >= 0.3 is 0 Å². The van der Waals surface area contributed by atoms with Crippen LogP contribution in [0.4, 0.5) is 0 Å². The summed E-state index contributed by atoms with van der Waals surface area (Å²) in [5.41, 5.74) is 6.49. The second-order valence-corrected chi connectivity index (χ2v) is 8.81. The Balaban J connectivity index is 1.13. The van der Waals surface area contributed by atoms with Crippen molar-refractivity contribution in [2.45, 2.75) is 31.7 Å². The van der Waals surface area contributed by atoms with Gasteiger partial charge in [-0.3, -0.25) is 14.3 Å². The molecule has 33 heavy (non-hydrogen) atoms. The van der Waals surface area contributed by atoms with Gasteiger partial charge < -0.3 is 9.72 Å². The van der Waals surface area contributed by atoms with E-state index >= 15 is 0 Å². The molecule has 1 fully saturated rings. The fourth-order valence-corrected chi connectivity index (χ4v) is 4.45. The first kappa shape index (κ1) is 19.7. The number of hydrogen-bond donors (Lipinski definition) is 1. The van der Waals surface area contributed by atoms with Crippen molar-refractivity contribution >= 4 is 22.9 Å². The minimum absolute atomic E-state index is 0.0578. The van der Waals surface area contributed by atoms with Crippen LogP contribution in [0.2, 0.25) is 0 Å². The molecule has 0 aliphatic heterocycles. The normalized spacial score (nSPS) is 15.4. The van der Waals surface area contributed by atoms with Gasteiger partial charge in [-0.05, 0) is 53.2 Å². The number of carbonyl (C=O) groups is 2. The molecule has 1 aromatic carbocycles. The van der Waals surface area contributed by atoms with E-state index in [-0.39, 0.29) is 11.7 Å². The third kappa shape index (κ3) is 3.98. The molecule has 0 spiro atoms. The zero-order valence-corrected chi connectivity index (χ0v) is 18.1. The Kier molecular flexibility index (Phi) is 4.68. The molecule has 0 saturated heterocycles. The van der Waals surface area contributed by atoms with Crippen molar-refractivity contribution in [3.05, 3.63) is 95.2 Å². The smallest absolute Gasteiger partial charge is 0.254 e. The van der Waals surface area contributed by atoms with Crippen molar-refractivity contribution in [1.29, 1.82) is 0 Å². The highest BCUT2D eigenvalue weighted by Gasteiger charge is 2.24. The largest absolute Gasteiger partial charge is 0.348 e. The maximum absolute atomic E-state index is 12.7. The minimum Gasteiger partial charge on any atom is -0.348 e. The number of rotatable bonds is 6. The zero-order chi connectivity index (χ0) is 22.4. The molecule has 0 radical (unpaired) electrons. The van der Waals surface area contributed by atoms with Crippen LogP contribution in [0.25, 0.3) is 11.2 Å². The van der Waals surface area contributed by atoms with Crippen LogP contribution in [0.3, 0.4) is 0 Å². The summed E-state index contributed by atoms with van der Waals surface area (Å²) in [7, 11) is 0. The summed E-state index contributed by atoms with van der Waals surface area (Å²) in [5, 5.41) is 7.26. The number of hydrogen-bond acceptors (Lipinski definition) is 4. The summed E-state index contributed by atoms with van der Waals surface area (Å²) in [4.78, 5) is 29.4. The van der Waals surface area contributed by atoms with Crippen molar-refractivity contribution in [2.75, 3.05) is 6.54 Å². The summed E-state index contributed by atoms with van der Waals surface area (Å²) >= 11 is 0. The summed E-state index contributed by atoms with van der Waals surface area (Å²) in [5.74, 6) is 0.535. The van der Waals surface area contributed by atoms with Gasteiger partial charge in [0.25, 0.3) is 5.91 Å². The van der Waals surface area contributed by atoms with E-state index in [0.29, 0.717) is 31.0 Å². The number of ketones is 1. The van der Waals surface area contributed by atoms with Crippen molar-refractivity contribution < 1.29 is 9.59 Å². The van der Waals surface area contributed by atoms with Crippen molar-refractivity contribution in [1.82, 2.24) is 24.5 Å². The lowest BCUT2D eigenvalue weighted by atomic mass is 9.90. The average molecular weight is 438 g/mol. The van der Waals surface area contributed by atoms with Gasteiger partial charge in [0.2, 0.25) is 0 Å². The number of pyridine rings is 1. The molecule has 7 nitrogen and oxygen atoms in total. The lowest BCUT2D eigenvalue weighted by Gasteiger charge is -2.17. The Bertz CT molecular complexity index is 1420. The lowest BCUT2D eigenvalue weighted by molar-refractivity contribution is -0.114. The van der Waals surface area contributed by atoms with Gasteiger partial charge in [0.15, 0.2) is 5.78 Å². The lowest BCUT2D eigenvalue weighted by Crippen LogP contribution is -2.26. The van der Waals surface area contributed by atoms with Gasteiger partial charge in [-0.15, -0.1) is 0 Å². The molecular formula is C26H23N5O2. The van der Waals surface area contributed by atoms with Crippen LogP contribution in [0, 0.1) is 0 Å². The third-order valence-electron chi connectivity index (χ3n) is 6.29. The molecule has 0 atom stereocenters. The fraction of sp³-hybridized carbons (Fsp3) is 0.231. The van der Waals surface area contributed by atoms with E-state index in [1.165, 1.54) is 18.4 Å². The summed E-state index contributed by atoms with van der Waals surface area (Å²) in [6.45, 7) is 0.781. The monoisotopic (exact) mass is 437 g/mol.